The molecule has 0 bridgehead atoms. The molecule has 4 nitrogen and oxygen atoms in total. The van der Waals surface area contributed by atoms with Crippen LogP contribution in [0.1, 0.15) is 57.7 Å². The number of rotatable bonds is 9. The molecular weight excluding hydrogens is 398 g/mol. The van der Waals surface area contributed by atoms with Gasteiger partial charge in [0.05, 0.1) is 11.7 Å². The minimum atomic E-state index is -0.362. The van der Waals surface area contributed by atoms with Gasteiger partial charge in [0.15, 0.2) is 5.58 Å². The van der Waals surface area contributed by atoms with E-state index in [9.17, 15) is 4.79 Å². The summed E-state index contributed by atoms with van der Waals surface area (Å²) in [6.45, 7) is 14.5. The third-order valence-electron chi connectivity index (χ3n) is 4.98. The van der Waals surface area contributed by atoms with Crippen molar-refractivity contribution in [2.24, 2.45) is 0 Å². The normalized spacial score (nSPS) is 11.6. The monoisotopic (exact) mass is 431 g/mol. The summed E-state index contributed by atoms with van der Waals surface area (Å²) in [4.78, 5) is 12.5. The van der Waals surface area contributed by atoms with Crippen LogP contribution in [-0.2, 0) is 6.42 Å². The molecule has 168 valence electrons. The first-order valence-corrected chi connectivity index (χ1v) is 11.3. The third-order valence-corrected chi connectivity index (χ3v) is 4.98. The van der Waals surface area contributed by atoms with Gasteiger partial charge in [-0.1, -0.05) is 62.4 Å². The van der Waals surface area contributed by atoms with E-state index in [4.69, 9.17) is 9.15 Å². The Morgan fingerprint density at radius 3 is 2.50 bits per heavy atom. The molecule has 1 N–H and O–H groups in total. The molecule has 3 rings (SSSR count). The average molecular weight is 432 g/mol. The standard InChI is InChI=1S/C28H33NO3/c1-7-11-22-16-25(30)32-28-26(20(6)14-15-21-12-9-8-10-13-21)24(31-19(4)5)17-23(27(22)28)29-18(2)3/h8-10,12-19,29H,6-7,11H2,1-5H3/b15-14+. The Morgan fingerprint density at radius 2 is 1.88 bits per heavy atom. The summed E-state index contributed by atoms with van der Waals surface area (Å²) in [6, 6.07) is 13.9. The number of fused-ring (bicyclic) bond motifs is 1. The van der Waals surface area contributed by atoms with Gasteiger partial charge in [-0.3, -0.25) is 0 Å². The van der Waals surface area contributed by atoms with Gasteiger partial charge in [-0.2, -0.15) is 0 Å². The Bertz CT molecular complexity index is 1170. The van der Waals surface area contributed by atoms with Crippen LogP contribution < -0.4 is 15.7 Å². The smallest absolute Gasteiger partial charge is 0.336 e. The summed E-state index contributed by atoms with van der Waals surface area (Å²) < 4.78 is 12.0. The van der Waals surface area contributed by atoms with Crippen LogP contribution in [-0.4, -0.2) is 12.1 Å². The lowest BCUT2D eigenvalue weighted by Crippen LogP contribution is -2.14. The van der Waals surface area contributed by atoms with E-state index in [-0.39, 0.29) is 17.8 Å². The number of nitrogens with one attached hydrogen (secondary N) is 1. The summed E-state index contributed by atoms with van der Waals surface area (Å²) >= 11 is 0. The summed E-state index contributed by atoms with van der Waals surface area (Å²) in [5.41, 5.74) is 4.54. The van der Waals surface area contributed by atoms with E-state index in [1.807, 2.05) is 62.4 Å². The molecule has 0 saturated heterocycles. The highest BCUT2D eigenvalue weighted by atomic mass is 16.5. The maximum Gasteiger partial charge on any atom is 0.336 e. The van der Waals surface area contributed by atoms with Crippen molar-refractivity contribution in [2.45, 2.75) is 59.6 Å². The number of hydrogen-bond acceptors (Lipinski definition) is 4. The number of allylic oxidation sites excluding steroid dienone is 2. The van der Waals surface area contributed by atoms with Crippen LogP contribution in [0, 0.1) is 0 Å². The SMILES string of the molecule is C=C(/C=C/c1ccccc1)c1c(OC(C)C)cc(NC(C)C)c2c(CCC)cc(=O)oc12. The molecule has 2 aromatic carbocycles. The van der Waals surface area contributed by atoms with Gasteiger partial charge >= 0.3 is 5.63 Å². The number of benzene rings is 2. The maximum absolute atomic E-state index is 12.5. The van der Waals surface area contributed by atoms with Gasteiger partial charge in [-0.25, -0.2) is 4.79 Å². The average Bonchev–Trinajstić information content (AvgIpc) is 2.72. The fourth-order valence-electron chi connectivity index (χ4n) is 3.79. The van der Waals surface area contributed by atoms with Crippen LogP contribution in [0.15, 0.2) is 64.3 Å². The largest absolute Gasteiger partial charge is 0.490 e. The van der Waals surface area contributed by atoms with Crippen molar-refractivity contribution in [3.05, 3.63) is 82.2 Å². The fraction of sp³-hybridized carbons (Fsp3) is 0.321. The maximum atomic E-state index is 12.5. The van der Waals surface area contributed by atoms with Crippen molar-refractivity contribution >= 4 is 28.3 Å². The molecule has 0 atom stereocenters. The fourth-order valence-corrected chi connectivity index (χ4v) is 3.79. The van der Waals surface area contributed by atoms with E-state index in [1.165, 1.54) is 0 Å². The number of anilines is 1. The molecule has 0 fully saturated rings. The highest BCUT2D eigenvalue weighted by Crippen LogP contribution is 2.40. The second-order valence-electron chi connectivity index (χ2n) is 8.58. The Morgan fingerprint density at radius 1 is 1.16 bits per heavy atom. The minimum Gasteiger partial charge on any atom is -0.490 e. The molecule has 0 unspecified atom stereocenters. The van der Waals surface area contributed by atoms with Crippen LogP contribution in [0.4, 0.5) is 5.69 Å². The Hall–Kier alpha value is -3.27. The van der Waals surface area contributed by atoms with Gasteiger partial charge in [0.25, 0.3) is 0 Å². The molecule has 0 radical (unpaired) electrons. The lowest BCUT2D eigenvalue weighted by Gasteiger charge is -2.21. The third kappa shape index (κ3) is 5.50. The predicted octanol–water partition coefficient (Wildman–Crippen LogP) is 7.08. The molecule has 3 aromatic rings. The zero-order valence-corrected chi connectivity index (χ0v) is 19.7. The lowest BCUT2D eigenvalue weighted by atomic mass is 9.96. The van der Waals surface area contributed by atoms with Gasteiger partial charge in [-0.05, 0) is 50.8 Å². The number of hydrogen-bond donors (Lipinski definition) is 1. The van der Waals surface area contributed by atoms with Crippen LogP contribution in [0.2, 0.25) is 0 Å². The first-order chi connectivity index (χ1) is 15.3. The van der Waals surface area contributed by atoms with E-state index in [0.717, 1.165) is 40.6 Å². The molecule has 32 heavy (non-hydrogen) atoms. The molecule has 1 aromatic heterocycles. The molecular formula is C28H33NO3. The Balaban J connectivity index is 2.29. The predicted molar refractivity (Wildman–Crippen MR) is 136 cm³/mol. The highest BCUT2D eigenvalue weighted by Gasteiger charge is 2.21. The molecule has 0 aliphatic rings. The van der Waals surface area contributed by atoms with Crippen molar-refractivity contribution in [3.63, 3.8) is 0 Å². The molecule has 0 saturated carbocycles. The summed E-state index contributed by atoms with van der Waals surface area (Å²) in [6.07, 6.45) is 5.61. The minimum absolute atomic E-state index is 0.0467. The summed E-state index contributed by atoms with van der Waals surface area (Å²) in [5.74, 6) is 0.648. The van der Waals surface area contributed by atoms with Crippen molar-refractivity contribution in [2.75, 3.05) is 5.32 Å². The molecule has 1 heterocycles. The molecule has 0 aliphatic heterocycles. The van der Waals surface area contributed by atoms with Crippen LogP contribution in [0.5, 0.6) is 5.75 Å². The van der Waals surface area contributed by atoms with E-state index < -0.39 is 0 Å². The second-order valence-corrected chi connectivity index (χ2v) is 8.58. The van der Waals surface area contributed by atoms with Gasteiger partial charge in [-0.15, -0.1) is 0 Å². The Labute approximate surface area is 190 Å². The first kappa shape index (κ1) is 23.4. The molecule has 4 heteroatoms. The van der Waals surface area contributed by atoms with Crippen LogP contribution >= 0.6 is 0 Å². The van der Waals surface area contributed by atoms with Gasteiger partial charge in [0, 0.05) is 29.2 Å². The van der Waals surface area contributed by atoms with Gasteiger partial charge < -0.3 is 14.5 Å². The zero-order valence-electron chi connectivity index (χ0n) is 19.7. The Kier molecular flexibility index (Phi) is 7.57. The number of ether oxygens (including phenoxy) is 1. The van der Waals surface area contributed by atoms with E-state index in [0.29, 0.717) is 16.9 Å². The summed E-state index contributed by atoms with van der Waals surface area (Å²) in [5, 5.41) is 4.43. The second kappa shape index (κ2) is 10.4. The highest BCUT2D eigenvalue weighted by molar-refractivity contribution is 6.03. The molecule has 0 spiro atoms. The van der Waals surface area contributed by atoms with Crippen LogP contribution in [0.25, 0.3) is 22.6 Å². The van der Waals surface area contributed by atoms with Crippen molar-refractivity contribution in [1.82, 2.24) is 0 Å². The van der Waals surface area contributed by atoms with Gasteiger partial charge in [0.1, 0.15) is 5.75 Å². The molecule has 0 aliphatic carbocycles. The zero-order chi connectivity index (χ0) is 23.3. The van der Waals surface area contributed by atoms with E-state index >= 15 is 0 Å². The van der Waals surface area contributed by atoms with Crippen molar-refractivity contribution < 1.29 is 9.15 Å². The van der Waals surface area contributed by atoms with Gasteiger partial charge in [0.2, 0.25) is 0 Å². The first-order valence-electron chi connectivity index (χ1n) is 11.3. The lowest BCUT2D eigenvalue weighted by molar-refractivity contribution is 0.242. The summed E-state index contributed by atoms with van der Waals surface area (Å²) in [7, 11) is 0. The van der Waals surface area contributed by atoms with Crippen molar-refractivity contribution in [1.29, 1.82) is 0 Å². The van der Waals surface area contributed by atoms with E-state index in [1.54, 1.807) is 6.07 Å². The topological polar surface area (TPSA) is 51.5 Å². The molecule has 0 amide bonds. The number of aryl methyl sites for hydroxylation is 1. The van der Waals surface area contributed by atoms with E-state index in [2.05, 4.69) is 32.7 Å². The van der Waals surface area contributed by atoms with Crippen LogP contribution in [0.3, 0.4) is 0 Å². The van der Waals surface area contributed by atoms with Crippen molar-refractivity contribution in [3.8, 4) is 5.75 Å². The quantitative estimate of drug-likeness (QED) is 0.290.